The molecule has 0 radical (unpaired) electrons. The van der Waals surface area contributed by atoms with Crippen LogP contribution in [0.4, 0.5) is 0 Å². The molecule has 0 saturated heterocycles. The molecular formula is C33H33NO3. The Morgan fingerprint density at radius 2 is 1.51 bits per heavy atom. The number of nitrogens with one attached hydrogen (secondary N) is 1. The molecule has 4 aromatic carbocycles. The Hall–Kier alpha value is -4.02. The third-order valence-corrected chi connectivity index (χ3v) is 6.72. The quantitative estimate of drug-likeness (QED) is 0.272. The highest BCUT2D eigenvalue weighted by atomic mass is 16.5. The molecule has 1 atom stereocenters. The van der Waals surface area contributed by atoms with Crippen LogP contribution in [0.2, 0.25) is 0 Å². The molecule has 1 aliphatic rings. The van der Waals surface area contributed by atoms with Crippen LogP contribution in [0.5, 0.6) is 17.2 Å². The molecule has 0 aromatic heterocycles. The fourth-order valence-electron chi connectivity index (χ4n) is 4.60. The first kappa shape index (κ1) is 24.7. The van der Waals surface area contributed by atoms with Gasteiger partial charge >= 0.3 is 0 Å². The largest absolute Gasteiger partial charge is 0.493 e. The normalized spacial score (nSPS) is 14.8. The Kier molecular flexibility index (Phi) is 7.87. The lowest BCUT2D eigenvalue weighted by Gasteiger charge is -2.26. The zero-order chi connectivity index (χ0) is 25.5. The lowest BCUT2D eigenvalue weighted by molar-refractivity contribution is 0.283. The van der Waals surface area contributed by atoms with Gasteiger partial charge in [-0.15, -0.1) is 0 Å². The Morgan fingerprint density at radius 1 is 0.811 bits per heavy atom. The zero-order valence-corrected chi connectivity index (χ0v) is 21.4. The van der Waals surface area contributed by atoms with Gasteiger partial charge in [0.1, 0.15) is 19.0 Å². The van der Waals surface area contributed by atoms with Crippen LogP contribution in [0.25, 0.3) is 6.08 Å². The van der Waals surface area contributed by atoms with E-state index in [1.165, 1.54) is 16.7 Å². The van der Waals surface area contributed by atoms with Crippen LogP contribution in [-0.4, -0.2) is 13.7 Å². The van der Waals surface area contributed by atoms with Crippen molar-refractivity contribution in [3.8, 4) is 17.2 Å². The first-order valence-electron chi connectivity index (χ1n) is 12.8. The summed E-state index contributed by atoms with van der Waals surface area (Å²) in [6, 6.07) is 31.0. The second-order valence-corrected chi connectivity index (χ2v) is 9.31. The fourth-order valence-corrected chi connectivity index (χ4v) is 4.60. The minimum Gasteiger partial charge on any atom is -0.493 e. The Morgan fingerprint density at radius 3 is 2.22 bits per heavy atom. The van der Waals surface area contributed by atoms with E-state index in [-0.39, 0.29) is 6.04 Å². The topological polar surface area (TPSA) is 39.7 Å². The smallest absolute Gasteiger partial charge is 0.161 e. The molecule has 4 heteroatoms. The molecule has 0 aliphatic carbocycles. The first-order valence-corrected chi connectivity index (χ1v) is 12.8. The number of ether oxygens (including phenoxy) is 3. The van der Waals surface area contributed by atoms with Crippen molar-refractivity contribution in [2.45, 2.75) is 32.6 Å². The maximum absolute atomic E-state index is 6.15. The number of aryl methyl sites for hydroxylation is 1. The summed E-state index contributed by atoms with van der Waals surface area (Å²) in [5.41, 5.74) is 7.16. The van der Waals surface area contributed by atoms with Crippen LogP contribution in [0.15, 0.2) is 97.1 Å². The van der Waals surface area contributed by atoms with Gasteiger partial charge in [-0.3, -0.25) is 0 Å². The van der Waals surface area contributed by atoms with Crippen molar-refractivity contribution in [1.29, 1.82) is 0 Å². The van der Waals surface area contributed by atoms with Gasteiger partial charge in [0.05, 0.1) is 13.2 Å². The van der Waals surface area contributed by atoms with E-state index in [4.69, 9.17) is 14.2 Å². The highest BCUT2D eigenvalue weighted by Gasteiger charge is 2.21. The molecule has 4 nitrogen and oxygen atoms in total. The maximum atomic E-state index is 6.15. The molecule has 1 aliphatic heterocycles. The minimum absolute atomic E-state index is 0.0918. The summed E-state index contributed by atoms with van der Waals surface area (Å²) >= 11 is 0. The summed E-state index contributed by atoms with van der Waals surface area (Å²) in [6.07, 6.45) is 5.36. The monoisotopic (exact) mass is 491 g/mol. The first-order chi connectivity index (χ1) is 18.2. The van der Waals surface area contributed by atoms with E-state index in [2.05, 4.69) is 72.9 Å². The van der Waals surface area contributed by atoms with Gasteiger partial charge in [0.25, 0.3) is 0 Å². The zero-order valence-electron chi connectivity index (χ0n) is 21.4. The summed E-state index contributed by atoms with van der Waals surface area (Å²) in [5, 5.41) is 3.64. The van der Waals surface area contributed by atoms with Crippen LogP contribution >= 0.6 is 0 Å². The number of methoxy groups -OCH3 is 1. The molecule has 0 bridgehead atoms. The highest BCUT2D eigenvalue weighted by Crippen LogP contribution is 2.36. The number of hydrogen-bond donors (Lipinski definition) is 1. The van der Waals surface area contributed by atoms with Gasteiger partial charge in [-0.1, -0.05) is 78.9 Å². The molecule has 5 rings (SSSR count). The van der Waals surface area contributed by atoms with Gasteiger partial charge in [-0.05, 0) is 71.0 Å². The van der Waals surface area contributed by atoms with E-state index >= 15 is 0 Å². The molecule has 1 heterocycles. The average molecular weight is 492 g/mol. The van der Waals surface area contributed by atoms with Crippen LogP contribution < -0.4 is 19.5 Å². The van der Waals surface area contributed by atoms with E-state index in [0.29, 0.717) is 13.2 Å². The molecule has 0 spiro atoms. The molecule has 1 N–H and O–H groups in total. The van der Waals surface area contributed by atoms with E-state index in [0.717, 1.165) is 46.9 Å². The Balaban J connectivity index is 1.32. The van der Waals surface area contributed by atoms with E-state index in [1.54, 1.807) is 7.11 Å². The van der Waals surface area contributed by atoms with Crippen LogP contribution in [-0.2, 0) is 19.6 Å². The predicted molar refractivity (Wildman–Crippen MR) is 149 cm³/mol. The SMILES string of the molecule is COc1cc2c(cc1OCc1ccccc1)CCNC2/C=C/c1cc(OCc2ccccc2)ccc1C. The van der Waals surface area contributed by atoms with Crippen molar-refractivity contribution in [1.82, 2.24) is 5.32 Å². The second-order valence-electron chi connectivity index (χ2n) is 9.31. The third-order valence-electron chi connectivity index (χ3n) is 6.72. The molecule has 1 unspecified atom stereocenters. The van der Waals surface area contributed by atoms with Gasteiger partial charge in [-0.25, -0.2) is 0 Å². The van der Waals surface area contributed by atoms with E-state index in [9.17, 15) is 0 Å². The molecule has 188 valence electrons. The van der Waals surface area contributed by atoms with Crippen molar-refractivity contribution in [2.75, 3.05) is 13.7 Å². The summed E-state index contributed by atoms with van der Waals surface area (Å²) in [6.45, 7) is 4.10. The molecule has 0 amide bonds. The van der Waals surface area contributed by atoms with Gasteiger partial charge in [0, 0.05) is 6.54 Å². The lowest BCUT2D eigenvalue weighted by atomic mass is 9.92. The van der Waals surface area contributed by atoms with E-state index < -0.39 is 0 Å². The molecular weight excluding hydrogens is 458 g/mol. The summed E-state index contributed by atoms with van der Waals surface area (Å²) in [4.78, 5) is 0. The number of benzene rings is 4. The highest BCUT2D eigenvalue weighted by molar-refractivity contribution is 5.58. The second kappa shape index (κ2) is 11.8. The van der Waals surface area contributed by atoms with E-state index in [1.807, 2.05) is 42.5 Å². The van der Waals surface area contributed by atoms with Crippen molar-refractivity contribution in [2.24, 2.45) is 0 Å². The fraction of sp³-hybridized carbons (Fsp3) is 0.212. The number of fused-ring (bicyclic) bond motifs is 1. The molecule has 37 heavy (non-hydrogen) atoms. The average Bonchev–Trinajstić information content (AvgIpc) is 2.95. The maximum Gasteiger partial charge on any atom is 0.161 e. The van der Waals surface area contributed by atoms with Crippen LogP contribution in [0.3, 0.4) is 0 Å². The predicted octanol–water partition coefficient (Wildman–Crippen LogP) is 7.06. The van der Waals surface area contributed by atoms with Crippen molar-refractivity contribution < 1.29 is 14.2 Å². The van der Waals surface area contributed by atoms with Gasteiger partial charge in [0.15, 0.2) is 11.5 Å². The van der Waals surface area contributed by atoms with Gasteiger partial charge in [0.2, 0.25) is 0 Å². The summed E-state index contributed by atoms with van der Waals surface area (Å²) < 4.78 is 17.9. The number of rotatable bonds is 9. The lowest BCUT2D eigenvalue weighted by Crippen LogP contribution is -2.28. The van der Waals surface area contributed by atoms with Crippen molar-refractivity contribution >= 4 is 6.08 Å². The Labute approximate surface area is 219 Å². The summed E-state index contributed by atoms with van der Waals surface area (Å²) in [7, 11) is 1.70. The van der Waals surface area contributed by atoms with Crippen molar-refractivity contribution in [3.63, 3.8) is 0 Å². The van der Waals surface area contributed by atoms with Gasteiger partial charge in [-0.2, -0.15) is 0 Å². The summed E-state index contributed by atoms with van der Waals surface area (Å²) in [5.74, 6) is 2.41. The van der Waals surface area contributed by atoms with Gasteiger partial charge < -0.3 is 19.5 Å². The molecule has 0 saturated carbocycles. The van der Waals surface area contributed by atoms with Crippen LogP contribution in [0, 0.1) is 6.92 Å². The molecule has 0 fully saturated rings. The third kappa shape index (κ3) is 6.22. The number of hydrogen-bond acceptors (Lipinski definition) is 4. The standard InChI is InChI=1S/C33H33NO3/c1-24-13-15-29(36-22-25-9-5-3-6-10-25)19-27(24)14-16-31-30-21-32(35-2)33(20-28(30)17-18-34-31)37-23-26-11-7-4-8-12-26/h3-16,19-21,31,34H,17-18,22-23H2,1-2H3/b16-14+. The van der Waals surface area contributed by atoms with Crippen molar-refractivity contribution in [3.05, 3.63) is 130 Å². The Bertz CT molecular complexity index is 1350. The minimum atomic E-state index is 0.0918. The molecule has 4 aromatic rings. The van der Waals surface area contributed by atoms with Crippen LogP contribution in [0.1, 0.15) is 39.4 Å².